The highest BCUT2D eigenvalue weighted by Crippen LogP contribution is 2.23. The molecule has 0 aliphatic carbocycles. The second kappa shape index (κ2) is 5.74. The average molecular weight is 280 g/mol. The average Bonchev–Trinajstić information content (AvgIpc) is 2.30. The van der Waals surface area contributed by atoms with Crippen molar-refractivity contribution in [1.82, 2.24) is 4.98 Å². The first-order valence-electron chi connectivity index (χ1n) is 5.17. The maximum atomic E-state index is 12.1. The third kappa shape index (κ3) is 3.98. The maximum absolute atomic E-state index is 12.1. The highest BCUT2D eigenvalue weighted by atomic mass is 19.4. The maximum Gasteiger partial charge on any atom is 0.573 e. The summed E-state index contributed by atoms with van der Waals surface area (Å²) in [7, 11) is 0. The monoisotopic (exact) mass is 280 g/mol. The van der Waals surface area contributed by atoms with E-state index in [2.05, 4.69) is 9.47 Å². The minimum atomic E-state index is -5.03. The lowest BCUT2D eigenvalue weighted by Crippen LogP contribution is -2.26. The number of carbonyl (C=O) groups is 1. The van der Waals surface area contributed by atoms with Crippen LogP contribution in [0.1, 0.15) is 23.0 Å². The number of esters is 1. The summed E-state index contributed by atoms with van der Waals surface area (Å²) in [6.07, 6.45) is -5.03. The Labute approximate surface area is 105 Å². The van der Waals surface area contributed by atoms with Crippen LogP contribution in [0.25, 0.3) is 0 Å². The van der Waals surface area contributed by atoms with Gasteiger partial charge in [0.1, 0.15) is 5.69 Å². The molecule has 0 aliphatic rings. The molecule has 0 saturated carbocycles. The van der Waals surface area contributed by atoms with Crippen molar-refractivity contribution in [3.63, 3.8) is 0 Å². The minimum absolute atomic E-state index is 0.0552. The van der Waals surface area contributed by atoms with E-state index >= 15 is 0 Å². The number of hydrogen-bond donors (Lipinski definition) is 2. The van der Waals surface area contributed by atoms with Gasteiger partial charge in [-0.2, -0.15) is 0 Å². The molecule has 106 valence electrons. The SMILES string of the molecule is CCOC(=O)c1cc(CN)c(OC(F)(F)F)c(=O)[nH]1. The molecule has 0 atom stereocenters. The van der Waals surface area contributed by atoms with E-state index in [-0.39, 0.29) is 17.9 Å². The Morgan fingerprint density at radius 2 is 2.11 bits per heavy atom. The number of pyridine rings is 1. The summed E-state index contributed by atoms with van der Waals surface area (Å²) in [5, 5.41) is 0. The zero-order valence-corrected chi connectivity index (χ0v) is 9.84. The van der Waals surface area contributed by atoms with E-state index < -0.39 is 30.2 Å². The number of carbonyl (C=O) groups excluding carboxylic acids is 1. The molecule has 1 aromatic rings. The number of hydrogen-bond acceptors (Lipinski definition) is 5. The molecule has 0 amide bonds. The van der Waals surface area contributed by atoms with E-state index in [1.54, 1.807) is 6.92 Å². The molecule has 0 radical (unpaired) electrons. The topological polar surface area (TPSA) is 94.4 Å². The molecular formula is C10H11F3N2O4. The highest BCUT2D eigenvalue weighted by molar-refractivity contribution is 5.87. The standard InChI is InChI=1S/C10H11F3N2O4/c1-2-18-9(17)6-3-5(4-14)7(8(16)15-6)19-10(11,12)13/h3H,2,4,14H2,1H3,(H,15,16). The molecule has 0 unspecified atom stereocenters. The van der Waals surface area contributed by atoms with E-state index in [0.29, 0.717) is 0 Å². The molecule has 0 spiro atoms. The number of aromatic nitrogens is 1. The van der Waals surface area contributed by atoms with Crippen LogP contribution < -0.4 is 16.0 Å². The Hall–Kier alpha value is -2.03. The van der Waals surface area contributed by atoms with Crippen LogP contribution in [0.15, 0.2) is 10.9 Å². The molecule has 6 nitrogen and oxygen atoms in total. The molecule has 1 aromatic heterocycles. The normalized spacial score (nSPS) is 11.2. The zero-order chi connectivity index (χ0) is 14.6. The number of rotatable bonds is 4. The number of nitrogens with one attached hydrogen (secondary N) is 1. The Morgan fingerprint density at radius 1 is 1.47 bits per heavy atom. The fourth-order valence-electron chi connectivity index (χ4n) is 1.30. The Bertz CT molecular complexity index is 524. The van der Waals surface area contributed by atoms with Crippen LogP contribution >= 0.6 is 0 Å². The van der Waals surface area contributed by atoms with Crippen molar-refractivity contribution in [3.8, 4) is 5.75 Å². The number of H-pyrrole nitrogens is 1. The number of halogens is 3. The largest absolute Gasteiger partial charge is 0.573 e. The highest BCUT2D eigenvalue weighted by Gasteiger charge is 2.33. The summed E-state index contributed by atoms with van der Waals surface area (Å²) < 4.78 is 44.5. The van der Waals surface area contributed by atoms with Crippen LogP contribution in [0.4, 0.5) is 13.2 Å². The fraction of sp³-hybridized carbons (Fsp3) is 0.400. The number of alkyl halides is 3. The van der Waals surface area contributed by atoms with E-state index in [9.17, 15) is 22.8 Å². The van der Waals surface area contributed by atoms with Crippen LogP contribution in [0.3, 0.4) is 0 Å². The molecule has 3 N–H and O–H groups in total. The van der Waals surface area contributed by atoms with Gasteiger partial charge in [0.05, 0.1) is 6.61 Å². The quantitative estimate of drug-likeness (QED) is 0.799. The van der Waals surface area contributed by atoms with Crippen molar-refractivity contribution in [1.29, 1.82) is 0 Å². The summed E-state index contributed by atoms with van der Waals surface area (Å²) >= 11 is 0. The number of nitrogens with two attached hydrogens (primary N) is 1. The molecule has 0 saturated heterocycles. The van der Waals surface area contributed by atoms with Gasteiger partial charge in [-0.25, -0.2) is 4.79 Å². The molecular weight excluding hydrogens is 269 g/mol. The molecule has 0 bridgehead atoms. The van der Waals surface area contributed by atoms with Crippen molar-refractivity contribution in [2.45, 2.75) is 19.8 Å². The molecule has 1 rings (SSSR count). The summed E-state index contributed by atoms with van der Waals surface area (Å²) in [4.78, 5) is 24.8. The second-order valence-corrected chi connectivity index (χ2v) is 3.34. The summed E-state index contributed by atoms with van der Waals surface area (Å²) in [6.45, 7) is 1.20. The first-order valence-corrected chi connectivity index (χ1v) is 5.17. The summed E-state index contributed by atoms with van der Waals surface area (Å²) in [5.41, 5.74) is 3.49. The molecule has 0 aromatic carbocycles. The molecule has 0 aliphatic heterocycles. The van der Waals surface area contributed by atoms with E-state index in [1.807, 2.05) is 4.98 Å². The minimum Gasteiger partial charge on any atom is -0.461 e. The Kier molecular flexibility index (Phi) is 4.54. The van der Waals surface area contributed by atoms with Gasteiger partial charge in [0, 0.05) is 12.1 Å². The van der Waals surface area contributed by atoms with Gasteiger partial charge in [-0.3, -0.25) is 4.79 Å². The van der Waals surface area contributed by atoms with Crippen LogP contribution in [-0.4, -0.2) is 23.9 Å². The van der Waals surface area contributed by atoms with Crippen LogP contribution in [-0.2, 0) is 11.3 Å². The third-order valence-corrected chi connectivity index (χ3v) is 2.00. The van der Waals surface area contributed by atoms with E-state index in [0.717, 1.165) is 6.07 Å². The van der Waals surface area contributed by atoms with Gasteiger partial charge in [-0.05, 0) is 13.0 Å². The van der Waals surface area contributed by atoms with Crippen molar-refractivity contribution >= 4 is 5.97 Å². The van der Waals surface area contributed by atoms with Gasteiger partial charge in [0.15, 0.2) is 5.75 Å². The molecule has 19 heavy (non-hydrogen) atoms. The smallest absolute Gasteiger partial charge is 0.461 e. The first-order chi connectivity index (χ1) is 8.78. The zero-order valence-electron chi connectivity index (χ0n) is 9.84. The van der Waals surface area contributed by atoms with Gasteiger partial charge in [-0.15, -0.1) is 13.2 Å². The van der Waals surface area contributed by atoms with Gasteiger partial charge in [0.25, 0.3) is 5.56 Å². The molecule has 1 heterocycles. The molecule has 9 heteroatoms. The molecule has 0 fully saturated rings. The van der Waals surface area contributed by atoms with Crippen LogP contribution in [0.5, 0.6) is 5.75 Å². The van der Waals surface area contributed by atoms with Gasteiger partial charge in [0.2, 0.25) is 0 Å². The number of ether oxygens (including phenoxy) is 2. The lowest BCUT2D eigenvalue weighted by molar-refractivity contribution is -0.275. The third-order valence-electron chi connectivity index (χ3n) is 2.00. The van der Waals surface area contributed by atoms with Crippen LogP contribution in [0, 0.1) is 0 Å². The van der Waals surface area contributed by atoms with Gasteiger partial charge < -0.3 is 20.2 Å². The van der Waals surface area contributed by atoms with E-state index in [1.165, 1.54) is 0 Å². The van der Waals surface area contributed by atoms with Crippen molar-refractivity contribution < 1.29 is 27.4 Å². The van der Waals surface area contributed by atoms with Crippen LogP contribution in [0.2, 0.25) is 0 Å². The Balaban J connectivity index is 3.22. The predicted molar refractivity (Wildman–Crippen MR) is 57.6 cm³/mol. The van der Waals surface area contributed by atoms with Crippen molar-refractivity contribution in [2.24, 2.45) is 5.73 Å². The van der Waals surface area contributed by atoms with E-state index in [4.69, 9.17) is 5.73 Å². The lowest BCUT2D eigenvalue weighted by atomic mass is 10.2. The van der Waals surface area contributed by atoms with Crippen molar-refractivity contribution in [3.05, 3.63) is 27.7 Å². The van der Waals surface area contributed by atoms with Gasteiger partial charge in [-0.1, -0.05) is 0 Å². The summed E-state index contributed by atoms with van der Waals surface area (Å²) in [5.74, 6) is -1.85. The second-order valence-electron chi connectivity index (χ2n) is 3.34. The number of aromatic amines is 1. The fourth-order valence-corrected chi connectivity index (χ4v) is 1.30. The van der Waals surface area contributed by atoms with Crippen molar-refractivity contribution in [2.75, 3.05) is 6.61 Å². The lowest BCUT2D eigenvalue weighted by Gasteiger charge is -2.12. The Morgan fingerprint density at radius 3 is 2.58 bits per heavy atom. The van der Waals surface area contributed by atoms with Gasteiger partial charge >= 0.3 is 12.3 Å². The summed E-state index contributed by atoms with van der Waals surface area (Å²) in [6, 6.07) is 0.987. The first kappa shape index (κ1) is 15.0. The predicted octanol–water partition coefficient (Wildman–Crippen LogP) is 0.909.